The minimum Gasteiger partial charge on any atom is -0.479 e. The van der Waals surface area contributed by atoms with Gasteiger partial charge in [0.2, 0.25) is 5.91 Å². The number of carboxylic acids is 1. The maximum absolute atomic E-state index is 12.9. The lowest BCUT2D eigenvalue weighted by atomic mass is 9.70. The van der Waals surface area contributed by atoms with Gasteiger partial charge in [-0.05, 0) is 38.3 Å². The van der Waals surface area contributed by atoms with Gasteiger partial charge < -0.3 is 20.1 Å². The zero-order valence-electron chi connectivity index (χ0n) is 19.6. The van der Waals surface area contributed by atoms with E-state index in [0.29, 0.717) is 6.42 Å². The van der Waals surface area contributed by atoms with Gasteiger partial charge in [-0.2, -0.15) is 0 Å². The van der Waals surface area contributed by atoms with E-state index in [1.165, 1.54) is 4.90 Å². The van der Waals surface area contributed by atoms with Crippen molar-refractivity contribution >= 4 is 18.0 Å². The molecule has 2 amide bonds. The Bertz CT molecular complexity index is 987. The summed E-state index contributed by atoms with van der Waals surface area (Å²) in [6.45, 7) is 7.04. The first-order valence-electron chi connectivity index (χ1n) is 11.1. The Morgan fingerprint density at radius 1 is 1.06 bits per heavy atom. The number of carbonyl (C=O) groups is 3. The van der Waals surface area contributed by atoms with Crippen molar-refractivity contribution < 1.29 is 24.2 Å². The molecule has 0 radical (unpaired) electrons. The zero-order valence-corrected chi connectivity index (χ0v) is 19.6. The molecule has 3 rings (SSSR count). The van der Waals surface area contributed by atoms with Gasteiger partial charge in [-0.25, -0.2) is 9.59 Å². The highest BCUT2D eigenvalue weighted by molar-refractivity contribution is 6.00. The lowest BCUT2D eigenvalue weighted by Gasteiger charge is -2.54. The van der Waals surface area contributed by atoms with E-state index in [-0.39, 0.29) is 18.9 Å². The van der Waals surface area contributed by atoms with E-state index in [1.54, 1.807) is 27.7 Å². The monoisotopic (exact) mass is 452 g/mol. The van der Waals surface area contributed by atoms with Crippen LogP contribution in [0.4, 0.5) is 4.79 Å². The second kappa shape index (κ2) is 9.65. The Balaban J connectivity index is 1.87. The first-order valence-corrected chi connectivity index (χ1v) is 11.1. The van der Waals surface area contributed by atoms with E-state index in [9.17, 15) is 19.5 Å². The Kier molecular flexibility index (Phi) is 7.10. The number of carbonyl (C=O) groups excluding carboxylic acids is 2. The average Bonchev–Trinajstić information content (AvgIpc) is 2.75. The molecular weight excluding hydrogens is 420 g/mol. The fraction of sp³-hybridized carbons (Fsp3) is 0.423. The number of benzene rings is 2. The first-order chi connectivity index (χ1) is 15.5. The molecule has 1 aliphatic heterocycles. The van der Waals surface area contributed by atoms with E-state index >= 15 is 0 Å². The number of aliphatic carboxylic acids is 1. The molecule has 1 fully saturated rings. The van der Waals surface area contributed by atoms with Crippen LogP contribution in [0.15, 0.2) is 60.7 Å². The largest absolute Gasteiger partial charge is 0.479 e. The molecule has 7 nitrogen and oxygen atoms in total. The quantitative estimate of drug-likeness (QED) is 0.596. The maximum atomic E-state index is 12.9. The van der Waals surface area contributed by atoms with Crippen molar-refractivity contribution in [3.63, 3.8) is 0 Å². The number of amides is 2. The second-order valence-electron chi connectivity index (χ2n) is 9.60. The van der Waals surface area contributed by atoms with Crippen LogP contribution in [0.25, 0.3) is 0 Å². The molecule has 2 aromatic rings. The van der Waals surface area contributed by atoms with Gasteiger partial charge in [0.15, 0.2) is 5.54 Å². The number of likely N-dealkylation sites (tertiary alicyclic amines) is 1. The van der Waals surface area contributed by atoms with Crippen LogP contribution in [-0.4, -0.2) is 51.7 Å². The summed E-state index contributed by atoms with van der Waals surface area (Å²) < 4.78 is 5.41. The highest BCUT2D eigenvalue weighted by atomic mass is 16.6. The van der Waals surface area contributed by atoms with Crippen molar-refractivity contribution in [2.45, 2.75) is 57.7 Å². The first kappa shape index (κ1) is 24.3. The SMILES string of the molecule is C[C@@H]1C(=O)N(C[C@H](Cc2ccccc2)NC(=O)OC(C)(C)C)[C@]1(Cc1ccccc1)C(=O)O. The van der Waals surface area contributed by atoms with Crippen molar-refractivity contribution in [3.8, 4) is 0 Å². The van der Waals surface area contributed by atoms with Gasteiger partial charge in [-0.15, -0.1) is 0 Å². The highest BCUT2D eigenvalue weighted by Gasteiger charge is 2.63. The van der Waals surface area contributed by atoms with Crippen LogP contribution < -0.4 is 5.32 Å². The summed E-state index contributed by atoms with van der Waals surface area (Å²) in [6, 6.07) is 18.3. The molecule has 2 aromatic carbocycles. The minimum absolute atomic E-state index is 0.0659. The molecule has 0 aromatic heterocycles. The molecule has 2 N–H and O–H groups in total. The summed E-state index contributed by atoms with van der Waals surface area (Å²) in [5, 5.41) is 13.1. The van der Waals surface area contributed by atoms with Crippen LogP contribution in [0, 0.1) is 5.92 Å². The van der Waals surface area contributed by atoms with Gasteiger partial charge in [-0.3, -0.25) is 4.79 Å². The van der Waals surface area contributed by atoms with E-state index in [1.807, 2.05) is 60.7 Å². The van der Waals surface area contributed by atoms with Gasteiger partial charge in [0.1, 0.15) is 5.60 Å². The smallest absolute Gasteiger partial charge is 0.407 e. The number of hydrogen-bond donors (Lipinski definition) is 2. The third kappa shape index (κ3) is 5.53. The van der Waals surface area contributed by atoms with Crippen molar-refractivity contribution in [2.75, 3.05) is 6.54 Å². The number of rotatable bonds is 8. The molecule has 7 heteroatoms. The van der Waals surface area contributed by atoms with Crippen LogP contribution in [-0.2, 0) is 27.2 Å². The fourth-order valence-electron chi connectivity index (χ4n) is 4.34. The Morgan fingerprint density at radius 3 is 2.12 bits per heavy atom. The number of carboxylic acid groups (broad SMARTS) is 1. The van der Waals surface area contributed by atoms with E-state index in [4.69, 9.17) is 4.74 Å². The topological polar surface area (TPSA) is 95.9 Å². The lowest BCUT2D eigenvalue weighted by Crippen LogP contribution is -2.76. The fourth-order valence-corrected chi connectivity index (χ4v) is 4.34. The molecule has 1 saturated heterocycles. The molecule has 176 valence electrons. The van der Waals surface area contributed by atoms with Gasteiger partial charge in [0.05, 0.1) is 12.0 Å². The molecule has 0 saturated carbocycles. The minimum atomic E-state index is -1.37. The summed E-state index contributed by atoms with van der Waals surface area (Å²) in [7, 11) is 0. The van der Waals surface area contributed by atoms with Crippen molar-refractivity contribution in [3.05, 3.63) is 71.8 Å². The maximum Gasteiger partial charge on any atom is 0.407 e. The van der Waals surface area contributed by atoms with Gasteiger partial charge >= 0.3 is 12.1 Å². The Labute approximate surface area is 194 Å². The molecule has 1 aliphatic rings. The van der Waals surface area contributed by atoms with Crippen LogP contribution in [0.2, 0.25) is 0 Å². The molecule has 3 atom stereocenters. The molecule has 0 aliphatic carbocycles. The van der Waals surface area contributed by atoms with E-state index < -0.39 is 35.2 Å². The molecule has 0 spiro atoms. The van der Waals surface area contributed by atoms with Gasteiger partial charge in [0.25, 0.3) is 0 Å². The van der Waals surface area contributed by atoms with Crippen molar-refractivity contribution in [1.82, 2.24) is 10.2 Å². The predicted octanol–water partition coefficient (Wildman–Crippen LogP) is 3.67. The molecular formula is C26H32N2O5. The lowest BCUT2D eigenvalue weighted by molar-refractivity contribution is -0.187. The third-order valence-corrected chi connectivity index (χ3v) is 5.97. The highest BCUT2D eigenvalue weighted by Crippen LogP contribution is 2.41. The second-order valence-corrected chi connectivity index (χ2v) is 9.60. The third-order valence-electron chi connectivity index (χ3n) is 5.97. The van der Waals surface area contributed by atoms with E-state index in [0.717, 1.165) is 11.1 Å². The summed E-state index contributed by atoms with van der Waals surface area (Å²) in [4.78, 5) is 39.3. The van der Waals surface area contributed by atoms with Crippen molar-refractivity contribution in [2.24, 2.45) is 5.92 Å². The van der Waals surface area contributed by atoms with Crippen LogP contribution in [0.1, 0.15) is 38.8 Å². The Hall–Kier alpha value is -3.35. The number of alkyl carbamates (subject to hydrolysis) is 1. The van der Waals surface area contributed by atoms with Crippen molar-refractivity contribution in [1.29, 1.82) is 0 Å². The number of ether oxygens (including phenoxy) is 1. The molecule has 33 heavy (non-hydrogen) atoms. The van der Waals surface area contributed by atoms with Gasteiger partial charge in [-0.1, -0.05) is 67.6 Å². The molecule has 0 bridgehead atoms. The number of β-lactam (4-membered cyclic amide) rings is 1. The summed E-state index contributed by atoms with van der Waals surface area (Å²) in [5.41, 5.74) is -0.253. The standard InChI is InChI=1S/C26H32N2O5/c1-18-22(29)28(26(18,23(30)31)16-20-13-9-6-10-14-20)17-21(15-19-11-7-5-8-12-19)27-24(32)33-25(2,3)4/h5-14,18,21H,15-17H2,1-4H3,(H,27,32)(H,30,31)/t18-,21+,26+/m1/s1. The average molecular weight is 453 g/mol. The van der Waals surface area contributed by atoms with Crippen LogP contribution in [0.3, 0.4) is 0 Å². The summed E-state index contributed by atoms with van der Waals surface area (Å²) in [6.07, 6.45) is 0.0216. The predicted molar refractivity (Wildman–Crippen MR) is 125 cm³/mol. The van der Waals surface area contributed by atoms with Crippen LogP contribution in [0.5, 0.6) is 0 Å². The number of hydrogen-bond acceptors (Lipinski definition) is 4. The zero-order chi connectivity index (χ0) is 24.2. The van der Waals surface area contributed by atoms with Crippen LogP contribution >= 0.6 is 0 Å². The van der Waals surface area contributed by atoms with E-state index in [2.05, 4.69) is 5.32 Å². The molecule has 1 heterocycles. The van der Waals surface area contributed by atoms with Gasteiger partial charge in [0, 0.05) is 13.0 Å². The summed E-state index contributed by atoms with van der Waals surface area (Å²) >= 11 is 0. The molecule has 0 unspecified atom stereocenters. The number of nitrogens with one attached hydrogen (secondary N) is 1. The Morgan fingerprint density at radius 2 is 1.61 bits per heavy atom. The number of nitrogens with zero attached hydrogens (tertiary/aromatic N) is 1. The normalized spacial score (nSPS) is 21.2. The summed E-state index contributed by atoms with van der Waals surface area (Å²) in [5.74, 6) is -1.96.